The first-order chi connectivity index (χ1) is 4.83. The molecule has 0 unspecified atom stereocenters. The zero-order valence-electron chi connectivity index (χ0n) is 6.16. The van der Waals surface area contributed by atoms with Crippen LogP contribution in [0.2, 0.25) is 0 Å². The second kappa shape index (κ2) is 3.15. The molecule has 1 aliphatic heterocycles. The SMILES string of the molecule is COC1=NC(C)=NCC=C1. The number of amidine groups is 1. The van der Waals surface area contributed by atoms with Crippen molar-refractivity contribution in [3.8, 4) is 0 Å². The standard InChI is InChI=1S/C7H10N2O/c1-6-8-5-3-4-7(9-6)10-2/h3-4H,5H2,1-2H3. The lowest BCUT2D eigenvalue weighted by Gasteiger charge is -1.94. The first-order valence-electron chi connectivity index (χ1n) is 3.13. The van der Waals surface area contributed by atoms with E-state index in [1.807, 2.05) is 19.1 Å². The molecule has 0 amide bonds. The van der Waals surface area contributed by atoms with Gasteiger partial charge in [0.2, 0.25) is 5.90 Å². The number of methoxy groups -OCH3 is 1. The maximum absolute atomic E-state index is 4.92. The van der Waals surface area contributed by atoms with E-state index in [0.29, 0.717) is 12.4 Å². The van der Waals surface area contributed by atoms with Gasteiger partial charge in [0.15, 0.2) is 0 Å². The fourth-order valence-electron chi connectivity index (χ4n) is 0.684. The van der Waals surface area contributed by atoms with Gasteiger partial charge in [-0.2, -0.15) is 4.99 Å². The summed E-state index contributed by atoms with van der Waals surface area (Å²) in [5, 5.41) is 0. The maximum Gasteiger partial charge on any atom is 0.214 e. The van der Waals surface area contributed by atoms with E-state index in [1.54, 1.807) is 7.11 Å². The first kappa shape index (κ1) is 6.99. The van der Waals surface area contributed by atoms with Crippen molar-refractivity contribution in [1.29, 1.82) is 0 Å². The molecule has 10 heavy (non-hydrogen) atoms. The molecule has 0 aromatic carbocycles. The van der Waals surface area contributed by atoms with Crippen LogP contribution in [-0.4, -0.2) is 25.4 Å². The number of hydrogen-bond donors (Lipinski definition) is 0. The smallest absolute Gasteiger partial charge is 0.214 e. The predicted octanol–water partition coefficient (Wildman–Crippen LogP) is 1.02. The Morgan fingerprint density at radius 3 is 3.10 bits per heavy atom. The molecule has 0 fully saturated rings. The molecule has 0 radical (unpaired) electrons. The van der Waals surface area contributed by atoms with E-state index in [4.69, 9.17) is 4.74 Å². The number of rotatable bonds is 0. The molecule has 0 saturated carbocycles. The van der Waals surface area contributed by atoms with Crippen LogP contribution in [0, 0.1) is 0 Å². The summed E-state index contributed by atoms with van der Waals surface area (Å²) in [5.74, 6) is 1.39. The van der Waals surface area contributed by atoms with Crippen LogP contribution < -0.4 is 0 Å². The molecule has 0 aliphatic carbocycles. The first-order valence-corrected chi connectivity index (χ1v) is 3.13. The molecule has 0 spiro atoms. The molecule has 0 aromatic heterocycles. The van der Waals surface area contributed by atoms with Gasteiger partial charge >= 0.3 is 0 Å². The third-order valence-electron chi connectivity index (χ3n) is 1.17. The van der Waals surface area contributed by atoms with Crippen LogP contribution in [0.3, 0.4) is 0 Å². The summed E-state index contributed by atoms with van der Waals surface area (Å²) in [4.78, 5) is 8.14. The lowest BCUT2D eigenvalue weighted by molar-refractivity contribution is 0.408. The van der Waals surface area contributed by atoms with Crippen molar-refractivity contribution in [2.24, 2.45) is 9.98 Å². The number of aliphatic imine (C=N–C) groups is 2. The van der Waals surface area contributed by atoms with E-state index in [-0.39, 0.29) is 0 Å². The molecule has 0 aromatic rings. The number of ether oxygens (including phenoxy) is 1. The lowest BCUT2D eigenvalue weighted by Crippen LogP contribution is -1.98. The topological polar surface area (TPSA) is 34.0 Å². The van der Waals surface area contributed by atoms with Crippen molar-refractivity contribution in [3.05, 3.63) is 12.2 Å². The van der Waals surface area contributed by atoms with Gasteiger partial charge in [-0.3, -0.25) is 4.99 Å². The Morgan fingerprint density at radius 2 is 2.40 bits per heavy atom. The van der Waals surface area contributed by atoms with Gasteiger partial charge in [-0.15, -0.1) is 0 Å². The lowest BCUT2D eigenvalue weighted by atomic mass is 10.5. The highest BCUT2D eigenvalue weighted by atomic mass is 16.5. The Morgan fingerprint density at radius 1 is 1.60 bits per heavy atom. The zero-order valence-corrected chi connectivity index (χ0v) is 6.16. The number of nitrogens with zero attached hydrogens (tertiary/aromatic N) is 2. The molecule has 0 saturated heterocycles. The van der Waals surface area contributed by atoms with E-state index in [1.165, 1.54) is 0 Å². The minimum Gasteiger partial charge on any atom is -0.481 e. The third-order valence-corrected chi connectivity index (χ3v) is 1.17. The summed E-state index contributed by atoms with van der Waals surface area (Å²) < 4.78 is 4.92. The Balaban J connectivity index is 2.79. The minimum absolute atomic E-state index is 0.624. The summed E-state index contributed by atoms with van der Waals surface area (Å²) in [6.07, 6.45) is 3.73. The fraction of sp³-hybridized carbons (Fsp3) is 0.429. The van der Waals surface area contributed by atoms with Gasteiger partial charge in [0, 0.05) is 0 Å². The zero-order chi connectivity index (χ0) is 7.40. The fourth-order valence-corrected chi connectivity index (χ4v) is 0.684. The summed E-state index contributed by atoms with van der Waals surface area (Å²) in [6, 6.07) is 0. The summed E-state index contributed by atoms with van der Waals surface area (Å²) in [7, 11) is 1.60. The van der Waals surface area contributed by atoms with Gasteiger partial charge in [-0.1, -0.05) is 6.08 Å². The Labute approximate surface area is 60.1 Å². The summed E-state index contributed by atoms with van der Waals surface area (Å²) >= 11 is 0. The van der Waals surface area contributed by atoms with E-state index < -0.39 is 0 Å². The molecule has 1 heterocycles. The van der Waals surface area contributed by atoms with Crippen LogP contribution in [0.25, 0.3) is 0 Å². The molecule has 3 heteroatoms. The molecule has 0 atom stereocenters. The highest BCUT2D eigenvalue weighted by Crippen LogP contribution is 1.93. The molecule has 1 aliphatic rings. The minimum atomic E-state index is 0.624. The normalized spacial score (nSPS) is 17.4. The van der Waals surface area contributed by atoms with Crippen LogP contribution in [0.4, 0.5) is 0 Å². The van der Waals surface area contributed by atoms with Crippen molar-refractivity contribution in [3.63, 3.8) is 0 Å². The molecule has 0 N–H and O–H groups in total. The number of hydrogen-bond acceptors (Lipinski definition) is 3. The van der Waals surface area contributed by atoms with Gasteiger partial charge in [0.25, 0.3) is 0 Å². The highest BCUT2D eigenvalue weighted by molar-refractivity contribution is 5.99. The Kier molecular flexibility index (Phi) is 2.20. The Bertz CT molecular complexity index is 204. The monoisotopic (exact) mass is 138 g/mol. The van der Waals surface area contributed by atoms with Gasteiger partial charge < -0.3 is 4.74 Å². The largest absolute Gasteiger partial charge is 0.481 e. The van der Waals surface area contributed by atoms with Crippen molar-refractivity contribution >= 4 is 11.7 Å². The van der Waals surface area contributed by atoms with Gasteiger partial charge in [0.05, 0.1) is 13.7 Å². The predicted molar refractivity (Wildman–Crippen MR) is 41.6 cm³/mol. The third kappa shape index (κ3) is 1.69. The quantitative estimate of drug-likeness (QED) is 0.492. The molecule has 0 bridgehead atoms. The van der Waals surface area contributed by atoms with Crippen molar-refractivity contribution in [2.75, 3.05) is 13.7 Å². The van der Waals surface area contributed by atoms with Crippen LogP contribution in [0.5, 0.6) is 0 Å². The summed E-state index contributed by atoms with van der Waals surface area (Å²) in [5.41, 5.74) is 0. The van der Waals surface area contributed by atoms with Crippen molar-refractivity contribution in [1.82, 2.24) is 0 Å². The molecule has 54 valence electrons. The second-order valence-electron chi connectivity index (χ2n) is 1.94. The molecule has 1 rings (SSSR count). The van der Waals surface area contributed by atoms with Crippen LogP contribution in [0.1, 0.15) is 6.92 Å². The highest BCUT2D eigenvalue weighted by Gasteiger charge is 1.95. The van der Waals surface area contributed by atoms with E-state index in [2.05, 4.69) is 9.98 Å². The van der Waals surface area contributed by atoms with Crippen LogP contribution in [-0.2, 0) is 4.74 Å². The van der Waals surface area contributed by atoms with Gasteiger partial charge in [0.1, 0.15) is 5.84 Å². The Hall–Kier alpha value is -1.12. The maximum atomic E-state index is 4.92. The average molecular weight is 138 g/mol. The van der Waals surface area contributed by atoms with E-state index in [9.17, 15) is 0 Å². The van der Waals surface area contributed by atoms with Crippen molar-refractivity contribution < 1.29 is 4.74 Å². The molecular weight excluding hydrogens is 128 g/mol. The summed E-state index contributed by atoms with van der Waals surface area (Å²) in [6.45, 7) is 2.55. The van der Waals surface area contributed by atoms with Crippen LogP contribution >= 0.6 is 0 Å². The molecular formula is C7H10N2O. The van der Waals surface area contributed by atoms with Gasteiger partial charge in [-0.05, 0) is 13.0 Å². The van der Waals surface area contributed by atoms with Crippen LogP contribution in [0.15, 0.2) is 22.1 Å². The van der Waals surface area contributed by atoms with Crippen molar-refractivity contribution in [2.45, 2.75) is 6.92 Å². The second-order valence-corrected chi connectivity index (χ2v) is 1.94. The van der Waals surface area contributed by atoms with E-state index >= 15 is 0 Å². The van der Waals surface area contributed by atoms with E-state index in [0.717, 1.165) is 5.84 Å². The molecule has 3 nitrogen and oxygen atoms in total. The van der Waals surface area contributed by atoms with Gasteiger partial charge in [-0.25, -0.2) is 0 Å². The average Bonchev–Trinajstić information content (AvgIpc) is 2.13.